The summed E-state index contributed by atoms with van der Waals surface area (Å²) in [4.78, 5) is 16.9. The van der Waals surface area contributed by atoms with Crippen LogP contribution in [0.2, 0.25) is 0 Å². The quantitative estimate of drug-likeness (QED) is 0.687. The molecule has 1 aliphatic heterocycles. The van der Waals surface area contributed by atoms with E-state index in [2.05, 4.69) is 60.2 Å². The van der Waals surface area contributed by atoms with Gasteiger partial charge in [-0.1, -0.05) is 42.0 Å². The maximum Gasteiger partial charge on any atom is 0.241 e. The van der Waals surface area contributed by atoms with E-state index in [1.54, 1.807) is 6.20 Å². The Morgan fingerprint density at radius 2 is 1.68 bits per heavy atom. The molecular formula is C23H26N4O. The van der Waals surface area contributed by atoms with E-state index in [4.69, 9.17) is 0 Å². The number of nitrogens with zero attached hydrogens (tertiary/aromatic N) is 4. The van der Waals surface area contributed by atoms with Crippen LogP contribution in [0.4, 0.5) is 5.69 Å². The lowest BCUT2D eigenvalue weighted by Gasteiger charge is -2.39. The first-order valence-electron chi connectivity index (χ1n) is 9.75. The molecular weight excluding hydrogens is 348 g/mol. The molecule has 28 heavy (non-hydrogen) atoms. The Morgan fingerprint density at radius 1 is 1.00 bits per heavy atom. The number of piperazine rings is 1. The number of rotatable bonds is 5. The van der Waals surface area contributed by atoms with E-state index in [9.17, 15) is 4.79 Å². The monoisotopic (exact) mass is 374 g/mol. The fraction of sp³-hybridized carbons (Fsp3) is 0.304. The van der Waals surface area contributed by atoms with Crippen molar-refractivity contribution >= 4 is 11.6 Å². The van der Waals surface area contributed by atoms with E-state index in [0.29, 0.717) is 12.6 Å². The van der Waals surface area contributed by atoms with Crippen molar-refractivity contribution in [2.24, 2.45) is 0 Å². The molecule has 0 bridgehead atoms. The van der Waals surface area contributed by atoms with Crippen molar-refractivity contribution in [3.63, 3.8) is 0 Å². The fourth-order valence-electron chi connectivity index (χ4n) is 3.65. The molecule has 0 unspecified atom stereocenters. The number of hydrogen-bond donors (Lipinski definition) is 0. The smallest absolute Gasteiger partial charge is 0.241 e. The van der Waals surface area contributed by atoms with Crippen LogP contribution in [0.3, 0.4) is 0 Å². The van der Waals surface area contributed by atoms with Crippen LogP contribution >= 0.6 is 0 Å². The summed E-state index contributed by atoms with van der Waals surface area (Å²) in [6.45, 7) is 6.99. The molecule has 2 heterocycles. The molecule has 0 spiro atoms. The van der Waals surface area contributed by atoms with Crippen molar-refractivity contribution in [2.45, 2.75) is 33.0 Å². The van der Waals surface area contributed by atoms with E-state index in [-0.39, 0.29) is 5.91 Å². The van der Waals surface area contributed by atoms with Crippen molar-refractivity contribution in [1.29, 1.82) is 0 Å². The zero-order chi connectivity index (χ0) is 19.5. The third kappa shape index (κ3) is 4.15. The molecule has 0 radical (unpaired) electrons. The highest BCUT2D eigenvalue weighted by Gasteiger charge is 2.30. The van der Waals surface area contributed by atoms with Crippen LogP contribution in [0.15, 0.2) is 67.0 Å². The molecule has 1 fully saturated rings. The molecule has 1 aliphatic rings. The molecule has 0 saturated carbocycles. The molecule has 4 rings (SSSR count). The van der Waals surface area contributed by atoms with Gasteiger partial charge in [0.05, 0.1) is 13.1 Å². The zero-order valence-corrected chi connectivity index (χ0v) is 16.5. The van der Waals surface area contributed by atoms with Gasteiger partial charge in [0.25, 0.3) is 0 Å². The van der Waals surface area contributed by atoms with Crippen LogP contribution in [0.1, 0.15) is 23.6 Å². The van der Waals surface area contributed by atoms with Gasteiger partial charge in [-0.05, 0) is 43.2 Å². The van der Waals surface area contributed by atoms with E-state index >= 15 is 0 Å². The third-order valence-corrected chi connectivity index (χ3v) is 5.37. The Bertz CT molecular complexity index is 916. The molecule has 144 valence electrons. The lowest BCUT2D eigenvalue weighted by Crippen LogP contribution is -2.54. The average Bonchev–Trinajstić information content (AvgIpc) is 3.20. The summed E-state index contributed by atoms with van der Waals surface area (Å²) in [6.07, 6.45) is 3.76. The summed E-state index contributed by atoms with van der Waals surface area (Å²) in [7, 11) is 0. The Labute approximate surface area is 166 Å². The summed E-state index contributed by atoms with van der Waals surface area (Å²) >= 11 is 0. The molecule has 1 aromatic heterocycles. The first-order chi connectivity index (χ1) is 13.6. The van der Waals surface area contributed by atoms with Crippen molar-refractivity contribution in [3.05, 3.63) is 83.7 Å². The van der Waals surface area contributed by atoms with E-state index in [0.717, 1.165) is 25.3 Å². The standard InChI is InChI=1S/C23H26N4O/c1-18-4-10-22(11-5-18)27-14-19(2)25(17-23(27)28)15-20-6-8-21(9-7-20)16-26-13-3-12-24-26/h3-13,19H,14-17H2,1-2H3/t19-/m1/s1. The first kappa shape index (κ1) is 18.4. The molecule has 5 heteroatoms. The highest BCUT2D eigenvalue weighted by atomic mass is 16.2. The molecule has 0 N–H and O–H groups in total. The third-order valence-electron chi connectivity index (χ3n) is 5.37. The van der Waals surface area contributed by atoms with Gasteiger partial charge < -0.3 is 4.90 Å². The van der Waals surface area contributed by atoms with Gasteiger partial charge in [0.15, 0.2) is 0 Å². The second-order valence-corrected chi connectivity index (χ2v) is 7.61. The van der Waals surface area contributed by atoms with E-state index in [1.807, 2.05) is 34.0 Å². The van der Waals surface area contributed by atoms with E-state index < -0.39 is 0 Å². The number of benzene rings is 2. The van der Waals surface area contributed by atoms with Crippen LogP contribution in [-0.2, 0) is 17.9 Å². The number of carbonyl (C=O) groups is 1. The number of anilines is 1. The van der Waals surface area contributed by atoms with Gasteiger partial charge in [0.1, 0.15) is 0 Å². The van der Waals surface area contributed by atoms with Crippen molar-refractivity contribution in [2.75, 3.05) is 18.0 Å². The highest BCUT2D eigenvalue weighted by molar-refractivity contribution is 5.95. The van der Waals surface area contributed by atoms with Crippen LogP contribution in [0.25, 0.3) is 0 Å². The predicted molar refractivity (Wildman–Crippen MR) is 111 cm³/mol. The van der Waals surface area contributed by atoms with Gasteiger partial charge in [-0.2, -0.15) is 5.10 Å². The van der Waals surface area contributed by atoms with Crippen LogP contribution in [0, 0.1) is 6.92 Å². The highest BCUT2D eigenvalue weighted by Crippen LogP contribution is 2.22. The fourth-order valence-corrected chi connectivity index (χ4v) is 3.65. The first-order valence-corrected chi connectivity index (χ1v) is 9.75. The Hall–Kier alpha value is -2.92. The van der Waals surface area contributed by atoms with Crippen molar-refractivity contribution in [3.8, 4) is 0 Å². The summed E-state index contributed by atoms with van der Waals surface area (Å²) in [6, 6.07) is 19.0. The second kappa shape index (κ2) is 7.98. The van der Waals surface area contributed by atoms with Gasteiger partial charge in [0.2, 0.25) is 5.91 Å². The van der Waals surface area contributed by atoms with Gasteiger partial charge in [-0.15, -0.1) is 0 Å². The zero-order valence-electron chi connectivity index (χ0n) is 16.5. The predicted octanol–water partition coefficient (Wildman–Crippen LogP) is 3.48. The normalized spacial score (nSPS) is 17.9. The van der Waals surface area contributed by atoms with Crippen LogP contribution < -0.4 is 4.90 Å². The minimum absolute atomic E-state index is 0.164. The number of amides is 1. The average molecular weight is 374 g/mol. The summed E-state index contributed by atoms with van der Waals surface area (Å²) in [5.41, 5.74) is 4.65. The summed E-state index contributed by atoms with van der Waals surface area (Å²) < 4.78 is 1.92. The van der Waals surface area contributed by atoms with Gasteiger partial charge in [-0.25, -0.2) is 0 Å². The maximum absolute atomic E-state index is 12.7. The molecule has 5 nitrogen and oxygen atoms in total. The SMILES string of the molecule is Cc1ccc(N2C[C@@H](C)N(Cc3ccc(Cn4cccn4)cc3)CC2=O)cc1. The molecule has 1 saturated heterocycles. The number of aryl methyl sites for hydroxylation is 1. The lowest BCUT2D eigenvalue weighted by atomic mass is 10.1. The topological polar surface area (TPSA) is 41.4 Å². The minimum Gasteiger partial charge on any atom is -0.310 e. The molecule has 1 atom stereocenters. The molecule has 1 amide bonds. The van der Waals surface area contributed by atoms with Crippen LogP contribution in [0.5, 0.6) is 0 Å². The largest absolute Gasteiger partial charge is 0.310 e. The second-order valence-electron chi connectivity index (χ2n) is 7.61. The number of hydrogen-bond acceptors (Lipinski definition) is 3. The Kier molecular flexibility index (Phi) is 5.26. The van der Waals surface area contributed by atoms with Gasteiger partial charge >= 0.3 is 0 Å². The lowest BCUT2D eigenvalue weighted by molar-refractivity contribution is -0.122. The molecule has 2 aromatic carbocycles. The minimum atomic E-state index is 0.164. The van der Waals surface area contributed by atoms with Crippen LogP contribution in [-0.4, -0.2) is 39.7 Å². The Morgan fingerprint density at radius 3 is 2.32 bits per heavy atom. The maximum atomic E-state index is 12.7. The Balaban J connectivity index is 1.39. The molecule has 0 aliphatic carbocycles. The number of aromatic nitrogens is 2. The molecule has 3 aromatic rings. The van der Waals surface area contributed by atoms with Crippen molar-refractivity contribution in [1.82, 2.24) is 14.7 Å². The van der Waals surface area contributed by atoms with E-state index in [1.165, 1.54) is 16.7 Å². The van der Waals surface area contributed by atoms with Crippen molar-refractivity contribution < 1.29 is 4.79 Å². The van der Waals surface area contributed by atoms with Gasteiger partial charge in [0, 0.05) is 37.2 Å². The summed E-state index contributed by atoms with van der Waals surface area (Å²) in [5.74, 6) is 0.164. The van der Waals surface area contributed by atoms with Gasteiger partial charge in [-0.3, -0.25) is 14.4 Å². The summed E-state index contributed by atoms with van der Waals surface area (Å²) in [5, 5.41) is 4.25. The number of carbonyl (C=O) groups excluding carboxylic acids is 1.